The quantitative estimate of drug-likeness (QED) is 0.779. The molecule has 1 aromatic rings. The van der Waals surface area contributed by atoms with Crippen molar-refractivity contribution < 1.29 is 9.31 Å². The van der Waals surface area contributed by atoms with Crippen molar-refractivity contribution in [1.82, 2.24) is 4.98 Å². The highest BCUT2D eigenvalue weighted by Gasteiger charge is 2.53. The molecule has 21 heavy (non-hydrogen) atoms. The fourth-order valence-electron chi connectivity index (χ4n) is 3.12. The Morgan fingerprint density at radius 1 is 1.05 bits per heavy atom. The van der Waals surface area contributed by atoms with Gasteiger partial charge in [-0.3, -0.25) is 0 Å². The number of hydrogen-bond acceptors (Lipinski definition) is 4. The number of thiazole rings is 1. The van der Waals surface area contributed by atoms with Gasteiger partial charge in [-0.1, -0.05) is 19.3 Å². The van der Waals surface area contributed by atoms with E-state index in [0.717, 1.165) is 10.5 Å². The van der Waals surface area contributed by atoms with Crippen LogP contribution in [0.25, 0.3) is 0 Å². The lowest BCUT2D eigenvalue weighted by Gasteiger charge is -2.32. The molecule has 2 fully saturated rings. The van der Waals surface area contributed by atoms with Gasteiger partial charge >= 0.3 is 7.12 Å². The Morgan fingerprint density at radius 2 is 1.62 bits per heavy atom. The van der Waals surface area contributed by atoms with Crippen LogP contribution in [0.2, 0.25) is 0 Å². The molecule has 0 spiro atoms. The van der Waals surface area contributed by atoms with Gasteiger partial charge in [0.1, 0.15) is 0 Å². The smallest absolute Gasteiger partial charge is 0.399 e. The van der Waals surface area contributed by atoms with Gasteiger partial charge in [-0.05, 0) is 47.5 Å². The topological polar surface area (TPSA) is 31.4 Å². The van der Waals surface area contributed by atoms with Crippen LogP contribution in [0, 0.1) is 6.92 Å². The van der Waals surface area contributed by atoms with Crippen molar-refractivity contribution >= 4 is 23.2 Å². The van der Waals surface area contributed by atoms with Gasteiger partial charge in [0.2, 0.25) is 0 Å². The van der Waals surface area contributed by atoms with Crippen LogP contribution >= 0.6 is 11.3 Å². The number of rotatable bonds is 2. The summed E-state index contributed by atoms with van der Waals surface area (Å²) < 4.78 is 13.5. The van der Waals surface area contributed by atoms with E-state index in [2.05, 4.69) is 34.6 Å². The lowest BCUT2D eigenvalue weighted by molar-refractivity contribution is 0.00578. The van der Waals surface area contributed by atoms with E-state index in [0.29, 0.717) is 5.92 Å². The SMILES string of the molecule is Cc1nc(C2CCCCC2)sc1B1OC(C)(C)C(C)(C)O1. The summed E-state index contributed by atoms with van der Waals surface area (Å²) in [5.41, 5.74) is 0.525. The molecule has 2 aliphatic rings. The van der Waals surface area contributed by atoms with E-state index < -0.39 is 0 Å². The highest BCUT2D eigenvalue weighted by atomic mass is 32.1. The van der Waals surface area contributed by atoms with Gasteiger partial charge in [-0.2, -0.15) is 0 Å². The molecule has 0 amide bonds. The molecule has 1 aliphatic carbocycles. The van der Waals surface area contributed by atoms with Crippen molar-refractivity contribution in [2.75, 3.05) is 0 Å². The first kappa shape index (κ1) is 15.5. The van der Waals surface area contributed by atoms with E-state index in [-0.39, 0.29) is 18.3 Å². The normalized spacial score (nSPS) is 25.5. The van der Waals surface area contributed by atoms with Crippen molar-refractivity contribution in [3.8, 4) is 0 Å². The Morgan fingerprint density at radius 3 is 2.19 bits per heavy atom. The maximum atomic E-state index is 6.18. The molecule has 0 radical (unpaired) electrons. The standard InChI is InChI=1S/C16H26BNO2S/c1-11-13(17-19-15(2,3)16(4,5)20-17)21-14(18-11)12-9-7-6-8-10-12/h12H,6-10H2,1-5H3. The monoisotopic (exact) mass is 307 g/mol. The second-order valence-electron chi connectivity index (χ2n) is 7.42. The largest absolute Gasteiger partial charge is 0.507 e. The van der Waals surface area contributed by atoms with Crippen molar-refractivity contribution in [2.24, 2.45) is 0 Å². The minimum atomic E-state index is -0.279. The van der Waals surface area contributed by atoms with Gasteiger partial charge in [0.05, 0.1) is 21.0 Å². The van der Waals surface area contributed by atoms with E-state index in [4.69, 9.17) is 14.3 Å². The van der Waals surface area contributed by atoms with Crippen LogP contribution in [0.5, 0.6) is 0 Å². The van der Waals surface area contributed by atoms with E-state index >= 15 is 0 Å². The summed E-state index contributed by atoms with van der Waals surface area (Å²) in [4.78, 5) is 4.83. The van der Waals surface area contributed by atoms with Crippen LogP contribution in [-0.4, -0.2) is 23.3 Å². The number of aromatic nitrogens is 1. The van der Waals surface area contributed by atoms with Gasteiger partial charge < -0.3 is 9.31 Å². The van der Waals surface area contributed by atoms with Crippen molar-refractivity contribution in [2.45, 2.75) is 83.8 Å². The average Bonchev–Trinajstić information content (AvgIpc) is 2.89. The Kier molecular flexibility index (Phi) is 3.96. The van der Waals surface area contributed by atoms with Crippen LogP contribution in [0.3, 0.4) is 0 Å². The summed E-state index contributed by atoms with van der Waals surface area (Å²) in [6.07, 6.45) is 6.64. The Hall–Kier alpha value is -0.385. The van der Waals surface area contributed by atoms with Crippen molar-refractivity contribution in [3.63, 3.8) is 0 Å². The highest BCUT2D eigenvalue weighted by molar-refractivity contribution is 7.22. The molecule has 0 bridgehead atoms. The van der Waals surface area contributed by atoms with Gasteiger partial charge in [0, 0.05) is 11.6 Å². The summed E-state index contributed by atoms with van der Waals surface area (Å²) in [5, 5.41) is 1.29. The van der Waals surface area contributed by atoms with Crippen molar-refractivity contribution in [1.29, 1.82) is 0 Å². The molecule has 2 heterocycles. The zero-order chi connectivity index (χ0) is 15.3. The lowest BCUT2D eigenvalue weighted by atomic mass is 9.86. The molecule has 0 aromatic carbocycles. The van der Waals surface area contributed by atoms with Crippen molar-refractivity contribution in [3.05, 3.63) is 10.7 Å². The summed E-state index contributed by atoms with van der Waals surface area (Å²) in [7, 11) is -0.259. The minimum absolute atomic E-state index is 0.259. The van der Waals surface area contributed by atoms with Gasteiger partial charge in [0.25, 0.3) is 0 Å². The number of nitrogens with zero attached hydrogens (tertiary/aromatic N) is 1. The molecule has 5 heteroatoms. The third-order valence-electron chi connectivity index (χ3n) is 5.27. The predicted octanol–water partition coefficient (Wildman–Crippen LogP) is 3.80. The van der Waals surface area contributed by atoms with E-state index in [1.54, 1.807) is 11.3 Å². The summed E-state index contributed by atoms with van der Waals surface area (Å²) in [5.74, 6) is 0.652. The van der Waals surface area contributed by atoms with Crippen LogP contribution < -0.4 is 4.78 Å². The molecule has 0 unspecified atom stereocenters. The third kappa shape index (κ3) is 2.80. The van der Waals surface area contributed by atoms with Crippen LogP contribution in [0.1, 0.15) is 76.4 Å². The van der Waals surface area contributed by atoms with Gasteiger partial charge in [0.15, 0.2) is 0 Å². The molecular weight excluding hydrogens is 281 g/mol. The van der Waals surface area contributed by atoms with E-state index in [9.17, 15) is 0 Å². The zero-order valence-corrected chi connectivity index (χ0v) is 14.7. The van der Waals surface area contributed by atoms with Gasteiger partial charge in [-0.25, -0.2) is 4.98 Å². The minimum Gasteiger partial charge on any atom is -0.399 e. The van der Waals surface area contributed by atoms with Gasteiger partial charge in [-0.15, -0.1) is 11.3 Å². The Labute approximate surface area is 132 Å². The Balaban J connectivity index is 1.82. The zero-order valence-electron chi connectivity index (χ0n) is 13.9. The molecule has 1 saturated heterocycles. The third-order valence-corrected chi connectivity index (χ3v) is 6.61. The van der Waals surface area contributed by atoms with E-state index in [1.807, 2.05) is 0 Å². The van der Waals surface area contributed by atoms with Crippen LogP contribution in [0.4, 0.5) is 0 Å². The fourth-order valence-corrected chi connectivity index (χ4v) is 4.32. The molecular formula is C16H26BNO2S. The first-order chi connectivity index (χ1) is 9.80. The van der Waals surface area contributed by atoms with E-state index in [1.165, 1.54) is 37.1 Å². The first-order valence-corrected chi connectivity index (χ1v) is 8.95. The second-order valence-corrected chi connectivity index (χ2v) is 8.49. The molecule has 0 N–H and O–H groups in total. The molecule has 116 valence electrons. The molecule has 1 aromatic heterocycles. The number of aryl methyl sites for hydroxylation is 1. The molecule has 1 saturated carbocycles. The Bertz CT molecular complexity index is 504. The molecule has 3 rings (SSSR count). The maximum Gasteiger partial charge on any atom is 0.507 e. The lowest BCUT2D eigenvalue weighted by Crippen LogP contribution is -2.41. The highest BCUT2D eigenvalue weighted by Crippen LogP contribution is 2.38. The average molecular weight is 307 g/mol. The molecule has 1 aliphatic heterocycles. The second kappa shape index (κ2) is 5.36. The summed E-state index contributed by atoms with van der Waals surface area (Å²) >= 11 is 1.80. The molecule has 3 nitrogen and oxygen atoms in total. The maximum absolute atomic E-state index is 6.18. The number of hydrogen-bond donors (Lipinski definition) is 0. The van der Waals surface area contributed by atoms with Crippen LogP contribution in [-0.2, 0) is 9.31 Å². The summed E-state index contributed by atoms with van der Waals surface area (Å²) in [6.45, 7) is 10.5. The molecule has 0 atom stereocenters. The first-order valence-electron chi connectivity index (χ1n) is 8.13. The summed E-state index contributed by atoms with van der Waals surface area (Å²) in [6, 6.07) is 0. The predicted molar refractivity (Wildman–Crippen MR) is 88.4 cm³/mol. The van der Waals surface area contributed by atoms with Crippen LogP contribution in [0.15, 0.2) is 0 Å². The fraction of sp³-hybridized carbons (Fsp3) is 0.812.